The topological polar surface area (TPSA) is 63.7 Å². The molecule has 7 heteroatoms. The van der Waals surface area contributed by atoms with Crippen LogP contribution in [0.5, 0.6) is 5.75 Å². The number of rotatable bonds is 7. The van der Waals surface area contributed by atoms with Crippen LogP contribution in [0.3, 0.4) is 0 Å². The van der Waals surface area contributed by atoms with E-state index in [2.05, 4.69) is 0 Å². The zero-order valence-electron chi connectivity index (χ0n) is 14.2. The summed E-state index contributed by atoms with van der Waals surface area (Å²) < 4.78 is 27.9. The quantitative estimate of drug-likeness (QED) is 0.697. The van der Waals surface area contributed by atoms with Gasteiger partial charge >= 0.3 is 10.1 Å². The Morgan fingerprint density at radius 2 is 1.91 bits per heavy atom. The van der Waals surface area contributed by atoms with E-state index in [4.69, 9.17) is 15.8 Å². The van der Waals surface area contributed by atoms with Crippen LogP contribution < -0.4 is 4.18 Å². The molecule has 0 aliphatic carbocycles. The molecule has 0 saturated carbocycles. The molecule has 0 aliphatic heterocycles. The molecule has 0 spiro atoms. The van der Waals surface area contributed by atoms with E-state index in [0.717, 1.165) is 12.7 Å². The minimum Gasteiger partial charge on any atom is -0.382 e. The summed E-state index contributed by atoms with van der Waals surface area (Å²) in [6.45, 7) is 7.88. The lowest BCUT2D eigenvalue weighted by Gasteiger charge is -2.31. The highest BCUT2D eigenvalue weighted by atomic mass is 35.5. The Bertz CT molecular complexity index is 658. The molecule has 0 bridgehead atoms. The van der Waals surface area contributed by atoms with Gasteiger partial charge < -0.3 is 9.08 Å². The van der Waals surface area contributed by atoms with Gasteiger partial charge in [0.25, 0.3) is 0 Å². The molecule has 0 fully saturated rings. The summed E-state index contributed by atoms with van der Waals surface area (Å²) in [5.74, 6) is 0.0499. The fraction of sp³-hybridized carbons (Fsp3) is 0.562. The molecule has 130 valence electrons. The summed E-state index contributed by atoms with van der Waals surface area (Å²) in [6.07, 6.45) is 1.78. The number of benzene rings is 1. The third-order valence-corrected chi connectivity index (χ3v) is 4.22. The molecule has 1 rings (SSSR count). The number of halogens is 1. The highest BCUT2D eigenvalue weighted by Crippen LogP contribution is 2.27. The normalized spacial score (nSPS) is 13.0. The van der Waals surface area contributed by atoms with E-state index in [1.165, 1.54) is 6.07 Å². The van der Waals surface area contributed by atoms with Gasteiger partial charge in [-0.3, -0.25) is 4.79 Å². The molecule has 0 heterocycles. The zero-order valence-corrected chi connectivity index (χ0v) is 15.7. The zero-order chi connectivity index (χ0) is 17.8. The lowest BCUT2D eigenvalue weighted by molar-refractivity contribution is -0.137. The Morgan fingerprint density at radius 1 is 1.30 bits per heavy atom. The number of nitrogens with zero attached hydrogens (tertiary/aromatic N) is 1. The summed E-state index contributed by atoms with van der Waals surface area (Å²) >= 11 is 6.02. The Labute approximate surface area is 143 Å². The average Bonchev–Trinajstić information content (AvgIpc) is 2.44. The van der Waals surface area contributed by atoms with Gasteiger partial charge in [-0.2, -0.15) is 8.42 Å². The van der Waals surface area contributed by atoms with Crippen molar-refractivity contribution in [1.82, 2.24) is 4.90 Å². The molecular weight excluding hydrogens is 338 g/mol. The van der Waals surface area contributed by atoms with Crippen molar-refractivity contribution in [2.75, 3.05) is 6.26 Å². The van der Waals surface area contributed by atoms with Gasteiger partial charge in [-0.1, -0.05) is 32.4 Å². The molecule has 1 aromatic carbocycles. The Kier molecular flexibility index (Phi) is 6.89. The molecule has 0 unspecified atom stereocenters. The highest BCUT2D eigenvalue weighted by Gasteiger charge is 2.23. The monoisotopic (exact) mass is 361 g/mol. The smallest absolute Gasteiger partial charge is 0.306 e. The van der Waals surface area contributed by atoms with Crippen molar-refractivity contribution in [3.8, 4) is 5.75 Å². The second-order valence-corrected chi connectivity index (χ2v) is 7.93. The van der Waals surface area contributed by atoms with Gasteiger partial charge in [0.1, 0.15) is 5.75 Å². The van der Waals surface area contributed by atoms with Gasteiger partial charge in [0.2, 0.25) is 5.91 Å². The molecule has 5 nitrogen and oxygen atoms in total. The Morgan fingerprint density at radius 3 is 2.39 bits per heavy atom. The molecule has 0 radical (unpaired) electrons. The van der Waals surface area contributed by atoms with Gasteiger partial charge in [-0.25, -0.2) is 0 Å². The van der Waals surface area contributed by atoms with Crippen LogP contribution in [-0.4, -0.2) is 31.5 Å². The maximum absolute atomic E-state index is 12.5. The van der Waals surface area contributed by atoms with Crippen molar-refractivity contribution >= 4 is 27.6 Å². The maximum Gasteiger partial charge on any atom is 0.306 e. The molecule has 23 heavy (non-hydrogen) atoms. The van der Waals surface area contributed by atoms with Crippen molar-refractivity contribution in [1.29, 1.82) is 0 Å². The Balaban J connectivity index is 3.21. The summed E-state index contributed by atoms with van der Waals surface area (Å²) in [5.41, 5.74) is 0.567. The van der Waals surface area contributed by atoms with Crippen LogP contribution in [0, 0.1) is 5.92 Å². The first-order valence-corrected chi connectivity index (χ1v) is 9.73. The second kappa shape index (κ2) is 8.02. The van der Waals surface area contributed by atoms with Gasteiger partial charge in [0.05, 0.1) is 6.26 Å². The van der Waals surface area contributed by atoms with Crippen LogP contribution in [0.4, 0.5) is 0 Å². The number of carbonyl (C=O) groups is 1. The van der Waals surface area contributed by atoms with Crippen molar-refractivity contribution in [3.63, 3.8) is 0 Å². The van der Waals surface area contributed by atoms with Crippen LogP contribution in [0.2, 0.25) is 5.02 Å². The van der Waals surface area contributed by atoms with E-state index in [-0.39, 0.29) is 30.2 Å². The predicted molar refractivity (Wildman–Crippen MR) is 92.1 cm³/mol. The van der Waals surface area contributed by atoms with E-state index < -0.39 is 10.1 Å². The maximum atomic E-state index is 12.5. The second-order valence-electron chi connectivity index (χ2n) is 5.92. The minimum absolute atomic E-state index is 0.00429. The summed E-state index contributed by atoms with van der Waals surface area (Å²) in [5, 5.41) is 0.460. The minimum atomic E-state index is -3.66. The molecule has 1 amide bonds. The molecule has 0 aliphatic rings. The Hall–Kier alpha value is -1.27. The lowest BCUT2D eigenvalue weighted by Crippen LogP contribution is -2.40. The van der Waals surface area contributed by atoms with Crippen molar-refractivity contribution in [2.45, 2.75) is 46.7 Å². The number of hydrogen-bond donors (Lipinski definition) is 0. The standard InChI is InChI=1S/C16H24ClNO4S/c1-6-12(4)18(16(19)11(2)3)10-13-9-14(17)7-8-15(13)22-23(5,20)21/h7-9,11-12H,6,10H2,1-5H3/t12-/m1/s1. The summed E-state index contributed by atoms with van der Waals surface area (Å²) in [6, 6.07) is 4.72. The average molecular weight is 362 g/mol. The lowest BCUT2D eigenvalue weighted by atomic mass is 10.1. The van der Waals surface area contributed by atoms with Crippen molar-refractivity contribution < 1.29 is 17.4 Å². The van der Waals surface area contributed by atoms with Crippen LogP contribution in [0.1, 0.15) is 39.7 Å². The predicted octanol–water partition coefficient (Wildman–Crippen LogP) is 3.46. The third-order valence-electron chi connectivity index (χ3n) is 3.50. The van der Waals surface area contributed by atoms with Gasteiger partial charge in [0.15, 0.2) is 0 Å². The van der Waals surface area contributed by atoms with Crippen molar-refractivity contribution in [2.24, 2.45) is 5.92 Å². The molecule has 1 atom stereocenters. The van der Waals surface area contributed by atoms with E-state index in [9.17, 15) is 13.2 Å². The highest BCUT2D eigenvalue weighted by molar-refractivity contribution is 7.86. The van der Waals surface area contributed by atoms with E-state index in [1.54, 1.807) is 17.0 Å². The fourth-order valence-electron chi connectivity index (χ4n) is 2.10. The first-order chi connectivity index (χ1) is 10.5. The van der Waals surface area contributed by atoms with Crippen LogP contribution >= 0.6 is 11.6 Å². The first-order valence-electron chi connectivity index (χ1n) is 7.53. The number of amides is 1. The van der Waals surface area contributed by atoms with Crippen LogP contribution in [0.15, 0.2) is 18.2 Å². The molecule has 0 aromatic heterocycles. The molecular formula is C16H24ClNO4S. The first kappa shape index (κ1) is 19.8. The molecule has 1 aromatic rings. The van der Waals surface area contributed by atoms with Crippen LogP contribution in [0.25, 0.3) is 0 Å². The van der Waals surface area contributed by atoms with E-state index in [0.29, 0.717) is 10.6 Å². The molecule has 0 saturated heterocycles. The summed E-state index contributed by atoms with van der Waals surface area (Å²) in [4.78, 5) is 14.2. The SMILES string of the molecule is CC[C@@H](C)N(Cc1cc(Cl)ccc1OS(C)(=O)=O)C(=O)C(C)C. The van der Waals surface area contributed by atoms with Crippen molar-refractivity contribution in [3.05, 3.63) is 28.8 Å². The number of carbonyl (C=O) groups excluding carboxylic acids is 1. The van der Waals surface area contributed by atoms with Crippen LogP contribution in [-0.2, 0) is 21.5 Å². The van der Waals surface area contributed by atoms with E-state index >= 15 is 0 Å². The van der Waals surface area contributed by atoms with E-state index in [1.807, 2.05) is 27.7 Å². The number of hydrogen-bond acceptors (Lipinski definition) is 4. The summed E-state index contributed by atoms with van der Waals surface area (Å²) in [7, 11) is -3.66. The van der Waals surface area contributed by atoms with Gasteiger partial charge in [0, 0.05) is 29.1 Å². The molecule has 0 N–H and O–H groups in total. The largest absolute Gasteiger partial charge is 0.382 e. The fourth-order valence-corrected chi connectivity index (χ4v) is 2.79. The van der Waals surface area contributed by atoms with Gasteiger partial charge in [-0.15, -0.1) is 0 Å². The third kappa shape index (κ3) is 6.03. The van der Waals surface area contributed by atoms with Gasteiger partial charge in [-0.05, 0) is 31.5 Å².